The van der Waals surface area contributed by atoms with E-state index in [1.165, 1.54) is 5.56 Å². The van der Waals surface area contributed by atoms with Crippen LogP contribution in [0.1, 0.15) is 5.56 Å². The van der Waals surface area contributed by atoms with Crippen molar-refractivity contribution < 1.29 is 0 Å². The number of anilines is 1. The van der Waals surface area contributed by atoms with E-state index in [2.05, 4.69) is 12.1 Å². The summed E-state index contributed by atoms with van der Waals surface area (Å²) in [5, 5.41) is 0. The van der Waals surface area contributed by atoms with Crippen molar-refractivity contribution in [3.8, 4) is 0 Å². The zero-order valence-corrected chi connectivity index (χ0v) is 9.08. The number of benzene rings is 1. The van der Waals surface area contributed by atoms with Crippen LogP contribution in [0.3, 0.4) is 0 Å². The van der Waals surface area contributed by atoms with E-state index in [0.717, 1.165) is 16.9 Å². The van der Waals surface area contributed by atoms with Gasteiger partial charge in [0.2, 0.25) is 0 Å². The van der Waals surface area contributed by atoms with Crippen LogP contribution in [0.4, 0.5) is 5.69 Å². The molecule has 0 amide bonds. The van der Waals surface area contributed by atoms with Gasteiger partial charge in [0.1, 0.15) is 4.64 Å². The lowest BCUT2D eigenvalue weighted by atomic mass is 10.2. The Kier molecular flexibility index (Phi) is 2.83. The number of pyridine rings is 1. The molecule has 0 fully saturated rings. The number of rotatable bonds is 2. The molecule has 2 rings (SSSR count). The molecular formula is C12H12N2S. The molecule has 76 valence electrons. The predicted octanol–water partition coefficient (Wildman–Crippen LogP) is 2.85. The van der Waals surface area contributed by atoms with Crippen LogP contribution in [0.15, 0.2) is 48.7 Å². The summed E-state index contributed by atoms with van der Waals surface area (Å²) in [4.78, 5) is 0. The SMILES string of the molecule is Nc1ccc(=S)n(Cc2ccccc2)c1. The molecule has 2 N–H and O–H groups in total. The van der Waals surface area contributed by atoms with Crippen LogP contribution in [-0.4, -0.2) is 4.57 Å². The molecule has 2 aromatic rings. The quantitative estimate of drug-likeness (QED) is 0.783. The predicted molar refractivity (Wildman–Crippen MR) is 65.2 cm³/mol. The Morgan fingerprint density at radius 2 is 1.80 bits per heavy atom. The van der Waals surface area contributed by atoms with Gasteiger partial charge in [-0.1, -0.05) is 42.5 Å². The van der Waals surface area contributed by atoms with E-state index in [1.807, 2.05) is 41.1 Å². The highest BCUT2D eigenvalue weighted by molar-refractivity contribution is 7.71. The van der Waals surface area contributed by atoms with Crippen LogP contribution in [0.5, 0.6) is 0 Å². The zero-order chi connectivity index (χ0) is 10.7. The molecule has 15 heavy (non-hydrogen) atoms. The van der Waals surface area contributed by atoms with Gasteiger partial charge in [-0.25, -0.2) is 0 Å². The van der Waals surface area contributed by atoms with E-state index in [4.69, 9.17) is 18.0 Å². The monoisotopic (exact) mass is 216 g/mol. The van der Waals surface area contributed by atoms with Crippen molar-refractivity contribution >= 4 is 17.9 Å². The van der Waals surface area contributed by atoms with Crippen molar-refractivity contribution in [3.63, 3.8) is 0 Å². The maximum atomic E-state index is 5.71. The van der Waals surface area contributed by atoms with E-state index in [9.17, 15) is 0 Å². The average molecular weight is 216 g/mol. The molecule has 0 aliphatic carbocycles. The maximum Gasteiger partial charge on any atom is 0.106 e. The largest absolute Gasteiger partial charge is 0.398 e. The standard InChI is InChI=1S/C12H12N2S/c13-11-6-7-12(15)14(9-11)8-10-4-2-1-3-5-10/h1-7,9H,8,13H2. The first kappa shape index (κ1) is 9.93. The molecule has 0 spiro atoms. The maximum absolute atomic E-state index is 5.71. The van der Waals surface area contributed by atoms with Gasteiger partial charge in [-0.15, -0.1) is 0 Å². The summed E-state index contributed by atoms with van der Waals surface area (Å²) in [5.74, 6) is 0. The minimum Gasteiger partial charge on any atom is -0.398 e. The Balaban J connectivity index is 2.32. The minimum absolute atomic E-state index is 0.736. The highest BCUT2D eigenvalue weighted by Crippen LogP contribution is 2.07. The molecule has 0 saturated heterocycles. The molecular weight excluding hydrogens is 204 g/mol. The van der Waals surface area contributed by atoms with E-state index in [1.54, 1.807) is 0 Å². The molecule has 1 aromatic carbocycles. The fourth-order valence-electron chi connectivity index (χ4n) is 1.45. The third-order valence-electron chi connectivity index (χ3n) is 2.20. The van der Waals surface area contributed by atoms with E-state index >= 15 is 0 Å². The summed E-state index contributed by atoms with van der Waals surface area (Å²) < 4.78 is 2.77. The average Bonchev–Trinajstić information content (AvgIpc) is 2.25. The molecule has 0 unspecified atom stereocenters. The van der Waals surface area contributed by atoms with Crippen molar-refractivity contribution in [1.82, 2.24) is 4.57 Å². The summed E-state index contributed by atoms with van der Waals surface area (Å²) in [6, 6.07) is 13.9. The number of nitrogens with zero attached hydrogens (tertiary/aromatic N) is 1. The highest BCUT2D eigenvalue weighted by atomic mass is 32.1. The van der Waals surface area contributed by atoms with Crippen LogP contribution < -0.4 is 5.73 Å². The number of hydrogen-bond donors (Lipinski definition) is 1. The van der Waals surface area contributed by atoms with Gasteiger partial charge in [0.25, 0.3) is 0 Å². The summed E-state index contributed by atoms with van der Waals surface area (Å²) >= 11 is 5.22. The fourth-order valence-corrected chi connectivity index (χ4v) is 1.64. The van der Waals surface area contributed by atoms with Crippen LogP contribution in [-0.2, 0) is 6.54 Å². The second kappa shape index (κ2) is 4.28. The molecule has 0 atom stereocenters. The Bertz CT molecular complexity index is 503. The van der Waals surface area contributed by atoms with Gasteiger partial charge in [-0.05, 0) is 17.7 Å². The Morgan fingerprint density at radius 3 is 2.53 bits per heavy atom. The summed E-state index contributed by atoms with van der Waals surface area (Å²) in [7, 11) is 0. The van der Waals surface area contributed by atoms with E-state index in [-0.39, 0.29) is 0 Å². The second-order valence-corrected chi connectivity index (χ2v) is 3.83. The highest BCUT2D eigenvalue weighted by Gasteiger charge is 1.95. The molecule has 0 aliphatic rings. The van der Waals surface area contributed by atoms with Crippen LogP contribution in [0.2, 0.25) is 0 Å². The van der Waals surface area contributed by atoms with Crippen molar-refractivity contribution in [1.29, 1.82) is 0 Å². The van der Waals surface area contributed by atoms with Crippen molar-refractivity contribution in [3.05, 3.63) is 58.9 Å². The molecule has 2 nitrogen and oxygen atoms in total. The van der Waals surface area contributed by atoms with Gasteiger partial charge < -0.3 is 10.3 Å². The normalized spacial score (nSPS) is 10.1. The van der Waals surface area contributed by atoms with Gasteiger partial charge in [-0.2, -0.15) is 0 Å². The van der Waals surface area contributed by atoms with E-state index in [0.29, 0.717) is 0 Å². The van der Waals surface area contributed by atoms with Crippen LogP contribution in [0.25, 0.3) is 0 Å². The third kappa shape index (κ3) is 2.44. The molecule has 3 heteroatoms. The second-order valence-electron chi connectivity index (χ2n) is 3.41. The number of nitrogen functional groups attached to an aromatic ring is 1. The summed E-state index contributed by atoms with van der Waals surface area (Å²) in [5.41, 5.74) is 7.67. The first-order valence-corrected chi connectivity index (χ1v) is 5.16. The summed E-state index contributed by atoms with van der Waals surface area (Å²) in [6.07, 6.45) is 1.87. The first-order chi connectivity index (χ1) is 7.25. The molecule has 0 radical (unpaired) electrons. The molecule has 1 heterocycles. The fraction of sp³-hybridized carbons (Fsp3) is 0.0833. The third-order valence-corrected chi connectivity index (χ3v) is 2.57. The topological polar surface area (TPSA) is 30.9 Å². The first-order valence-electron chi connectivity index (χ1n) is 4.75. The molecule has 0 aliphatic heterocycles. The smallest absolute Gasteiger partial charge is 0.106 e. The zero-order valence-electron chi connectivity index (χ0n) is 8.26. The van der Waals surface area contributed by atoms with E-state index < -0.39 is 0 Å². The number of nitrogens with two attached hydrogens (primary N) is 1. The lowest BCUT2D eigenvalue weighted by Gasteiger charge is -2.07. The molecule has 0 bridgehead atoms. The minimum atomic E-state index is 0.736. The van der Waals surface area contributed by atoms with Crippen LogP contribution in [0, 0.1) is 4.64 Å². The molecule has 1 aromatic heterocycles. The van der Waals surface area contributed by atoms with Crippen molar-refractivity contribution in [2.45, 2.75) is 6.54 Å². The van der Waals surface area contributed by atoms with Crippen molar-refractivity contribution in [2.24, 2.45) is 0 Å². The van der Waals surface area contributed by atoms with Gasteiger partial charge >= 0.3 is 0 Å². The number of hydrogen-bond acceptors (Lipinski definition) is 2. The number of aromatic nitrogens is 1. The van der Waals surface area contributed by atoms with Gasteiger partial charge in [0, 0.05) is 18.4 Å². The lowest BCUT2D eigenvalue weighted by Crippen LogP contribution is -2.02. The summed E-state index contributed by atoms with van der Waals surface area (Å²) in [6.45, 7) is 0.769. The lowest BCUT2D eigenvalue weighted by molar-refractivity contribution is 0.781. The van der Waals surface area contributed by atoms with Gasteiger partial charge in [-0.3, -0.25) is 0 Å². The van der Waals surface area contributed by atoms with Crippen LogP contribution >= 0.6 is 12.2 Å². The van der Waals surface area contributed by atoms with Crippen molar-refractivity contribution in [2.75, 3.05) is 5.73 Å². The molecule has 0 saturated carbocycles. The Morgan fingerprint density at radius 1 is 1.07 bits per heavy atom. The van der Waals surface area contributed by atoms with Gasteiger partial charge in [0.15, 0.2) is 0 Å². The van der Waals surface area contributed by atoms with Gasteiger partial charge in [0.05, 0.1) is 0 Å². The Labute approximate surface area is 94.0 Å². The Hall–Kier alpha value is -1.61.